The normalized spacial score (nSPS) is 10.8. The molecule has 0 radical (unpaired) electrons. The summed E-state index contributed by atoms with van der Waals surface area (Å²) in [7, 11) is 0. The number of H-pyrrole nitrogens is 1. The molecule has 2 heterocycles. The molecule has 10 heteroatoms. The van der Waals surface area contributed by atoms with Crippen molar-refractivity contribution in [3.8, 4) is 11.6 Å². The van der Waals surface area contributed by atoms with Crippen molar-refractivity contribution in [1.82, 2.24) is 14.4 Å². The minimum Gasteiger partial charge on any atom is -0.434 e. The van der Waals surface area contributed by atoms with Crippen LogP contribution in [0.1, 0.15) is 19.5 Å². The lowest BCUT2D eigenvalue weighted by Gasteiger charge is -2.07. The number of aromatic nitrogens is 3. The van der Waals surface area contributed by atoms with E-state index in [1.165, 1.54) is 10.5 Å². The Morgan fingerprint density at radius 2 is 1.78 bits per heavy atom. The van der Waals surface area contributed by atoms with Crippen molar-refractivity contribution in [2.45, 2.75) is 20.8 Å². The summed E-state index contributed by atoms with van der Waals surface area (Å²) in [5.74, 6) is 0.176. The number of nitrogens with zero attached hydrogens (tertiary/aromatic N) is 2. The van der Waals surface area contributed by atoms with Crippen LogP contribution >= 0.6 is 0 Å². The first-order chi connectivity index (χ1) is 12.9. The van der Waals surface area contributed by atoms with Crippen LogP contribution in [0.3, 0.4) is 0 Å². The highest BCUT2D eigenvalue weighted by atomic mass is 16.7. The van der Waals surface area contributed by atoms with Crippen LogP contribution in [0.5, 0.6) is 11.6 Å². The van der Waals surface area contributed by atoms with E-state index in [1.807, 2.05) is 0 Å². The molecule has 0 saturated heterocycles. The Kier molecular flexibility index (Phi) is 4.97. The van der Waals surface area contributed by atoms with Crippen molar-refractivity contribution in [3.63, 3.8) is 0 Å². The maximum atomic E-state index is 12.4. The molecule has 0 amide bonds. The molecular formula is C17H17N3O7. The topological polar surface area (TPSA) is 121 Å². The molecular weight excluding hydrogens is 358 g/mol. The fourth-order valence-electron chi connectivity index (χ4n) is 2.55. The molecule has 3 aromatic rings. The third kappa shape index (κ3) is 3.54. The number of hydrogen-bond acceptors (Lipinski definition) is 8. The van der Waals surface area contributed by atoms with Crippen LogP contribution in [0.2, 0.25) is 0 Å². The molecule has 0 aliphatic rings. The van der Waals surface area contributed by atoms with Crippen molar-refractivity contribution in [1.29, 1.82) is 0 Å². The monoisotopic (exact) mass is 375 g/mol. The molecule has 10 nitrogen and oxygen atoms in total. The minimum absolute atomic E-state index is 0.0294. The first-order valence-corrected chi connectivity index (χ1v) is 8.18. The predicted octanol–water partition coefficient (Wildman–Crippen LogP) is 2.55. The molecule has 27 heavy (non-hydrogen) atoms. The van der Waals surface area contributed by atoms with E-state index in [9.17, 15) is 14.4 Å². The Hall–Kier alpha value is -3.56. The smallest absolute Gasteiger partial charge is 0.434 e. The van der Waals surface area contributed by atoms with Crippen LogP contribution in [-0.4, -0.2) is 39.9 Å². The summed E-state index contributed by atoms with van der Waals surface area (Å²) in [6, 6.07) is 4.66. The molecule has 1 N–H and O–H groups in total. The highest BCUT2D eigenvalue weighted by Crippen LogP contribution is 2.24. The second kappa shape index (κ2) is 7.36. The van der Waals surface area contributed by atoms with E-state index in [0.29, 0.717) is 16.7 Å². The van der Waals surface area contributed by atoms with Gasteiger partial charge in [0, 0.05) is 6.07 Å². The number of imidazole rings is 1. The average Bonchev–Trinajstić information content (AvgIpc) is 2.93. The Morgan fingerprint density at radius 1 is 1.11 bits per heavy atom. The van der Waals surface area contributed by atoms with Gasteiger partial charge >= 0.3 is 12.3 Å². The number of aryl methyl sites for hydroxylation is 1. The Morgan fingerprint density at radius 3 is 2.44 bits per heavy atom. The highest BCUT2D eigenvalue weighted by Gasteiger charge is 2.19. The van der Waals surface area contributed by atoms with Crippen molar-refractivity contribution in [2.24, 2.45) is 0 Å². The SMILES string of the molecule is CCOC(=O)Oc1ccc2c(c1)[nH]c(=O)c1nc(OC(=O)OCC)c(C)n12. The molecule has 0 aliphatic heterocycles. The van der Waals surface area contributed by atoms with E-state index < -0.39 is 17.9 Å². The number of benzene rings is 1. The van der Waals surface area contributed by atoms with Crippen LogP contribution in [0, 0.1) is 6.92 Å². The number of fused-ring (bicyclic) bond motifs is 3. The number of nitrogens with one attached hydrogen (secondary N) is 1. The number of hydrogen-bond donors (Lipinski definition) is 1. The summed E-state index contributed by atoms with van der Waals surface area (Å²) in [6.07, 6.45) is -1.75. The zero-order chi connectivity index (χ0) is 19.6. The third-order valence-electron chi connectivity index (χ3n) is 3.63. The number of rotatable bonds is 4. The van der Waals surface area contributed by atoms with E-state index in [2.05, 4.69) is 9.97 Å². The van der Waals surface area contributed by atoms with Crippen molar-refractivity contribution >= 4 is 29.0 Å². The lowest BCUT2D eigenvalue weighted by atomic mass is 10.2. The molecule has 0 saturated carbocycles. The van der Waals surface area contributed by atoms with E-state index in [0.717, 1.165) is 0 Å². The molecule has 3 rings (SSSR count). The van der Waals surface area contributed by atoms with Gasteiger partial charge in [-0.25, -0.2) is 9.59 Å². The molecule has 0 aliphatic carbocycles. The number of carbonyl (C=O) groups excluding carboxylic acids is 2. The maximum absolute atomic E-state index is 12.4. The van der Waals surface area contributed by atoms with Gasteiger partial charge in [0.15, 0.2) is 0 Å². The van der Waals surface area contributed by atoms with Crippen molar-refractivity contribution < 1.29 is 28.5 Å². The summed E-state index contributed by atoms with van der Waals surface area (Å²) in [5.41, 5.74) is 0.964. The second-order valence-corrected chi connectivity index (χ2v) is 5.36. The minimum atomic E-state index is -0.908. The van der Waals surface area contributed by atoms with Crippen LogP contribution in [0.4, 0.5) is 9.59 Å². The molecule has 142 valence electrons. The summed E-state index contributed by atoms with van der Waals surface area (Å²) in [5, 5.41) is 0. The van der Waals surface area contributed by atoms with Gasteiger partial charge in [-0.3, -0.25) is 9.20 Å². The summed E-state index contributed by atoms with van der Waals surface area (Å²) >= 11 is 0. The molecule has 0 atom stereocenters. The maximum Gasteiger partial charge on any atom is 0.515 e. The number of aromatic amines is 1. The largest absolute Gasteiger partial charge is 0.515 e. The third-order valence-corrected chi connectivity index (χ3v) is 3.63. The van der Waals surface area contributed by atoms with Crippen LogP contribution in [0.25, 0.3) is 16.7 Å². The standard InChI is InChI=1S/C17H17N3O7/c1-4-24-16(22)26-10-6-7-12-11(8-10)18-14(21)13-19-15(9(3)20(12)13)27-17(23)25-5-2/h6-8H,4-5H2,1-3H3,(H,18,21). The molecule has 0 spiro atoms. The van der Waals surface area contributed by atoms with E-state index in [4.69, 9.17) is 18.9 Å². The van der Waals surface area contributed by atoms with Gasteiger partial charge in [-0.05, 0) is 32.9 Å². The quantitative estimate of drug-likeness (QED) is 0.545. The van der Waals surface area contributed by atoms with Gasteiger partial charge < -0.3 is 23.9 Å². The summed E-state index contributed by atoms with van der Waals surface area (Å²) in [6.45, 7) is 5.29. The summed E-state index contributed by atoms with van der Waals surface area (Å²) < 4.78 is 21.1. The molecule has 0 unspecified atom stereocenters. The van der Waals surface area contributed by atoms with E-state index in [-0.39, 0.29) is 30.5 Å². The Labute approximate surface area is 152 Å². The first kappa shape index (κ1) is 18.2. The number of carbonyl (C=O) groups is 2. The van der Waals surface area contributed by atoms with Crippen molar-refractivity contribution in [3.05, 3.63) is 34.2 Å². The predicted molar refractivity (Wildman–Crippen MR) is 93.4 cm³/mol. The number of ether oxygens (including phenoxy) is 4. The van der Waals surface area contributed by atoms with Gasteiger partial charge in [0.1, 0.15) is 5.75 Å². The summed E-state index contributed by atoms with van der Waals surface area (Å²) in [4.78, 5) is 42.1. The molecule has 0 bridgehead atoms. The fourth-order valence-corrected chi connectivity index (χ4v) is 2.55. The van der Waals surface area contributed by atoms with Crippen LogP contribution in [-0.2, 0) is 9.47 Å². The van der Waals surface area contributed by atoms with E-state index >= 15 is 0 Å². The van der Waals surface area contributed by atoms with Gasteiger partial charge in [-0.1, -0.05) is 0 Å². The zero-order valence-electron chi connectivity index (χ0n) is 14.9. The molecule has 2 aromatic heterocycles. The lowest BCUT2D eigenvalue weighted by molar-refractivity contribution is 0.102. The molecule has 0 fully saturated rings. The van der Waals surface area contributed by atoms with Gasteiger partial charge in [0.05, 0.1) is 29.9 Å². The van der Waals surface area contributed by atoms with Gasteiger partial charge in [0.25, 0.3) is 5.56 Å². The van der Waals surface area contributed by atoms with E-state index in [1.54, 1.807) is 32.9 Å². The zero-order valence-corrected chi connectivity index (χ0v) is 14.9. The average molecular weight is 375 g/mol. The second-order valence-electron chi connectivity index (χ2n) is 5.36. The Balaban J connectivity index is 2.07. The van der Waals surface area contributed by atoms with Gasteiger partial charge in [-0.2, -0.15) is 4.98 Å². The fraction of sp³-hybridized carbons (Fsp3) is 0.294. The van der Waals surface area contributed by atoms with Crippen LogP contribution in [0.15, 0.2) is 23.0 Å². The van der Waals surface area contributed by atoms with Gasteiger partial charge in [0.2, 0.25) is 11.5 Å². The lowest BCUT2D eigenvalue weighted by Crippen LogP contribution is -2.12. The molecule has 1 aromatic carbocycles. The van der Waals surface area contributed by atoms with Crippen LogP contribution < -0.4 is 15.0 Å². The highest BCUT2D eigenvalue weighted by molar-refractivity contribution is 5.80. The van der Waals surface area contributed by atoms with Crippen molar-refractivity contribution in [2.75, 3.05) is 13.2 Å². The Bertz CT molecular complexity index is 1080. The first-order valence-electron chi connectivity index (χ1n) is 8.18. The van der Waals surface area contributed by atoms with Gasteiger partial charge in [-0.15, -0.1) is 0 Å².